The van der Waals surface area contributed by atoms with Crippen LogP contribution >= 0.6 is 0 Å². The lowest BCUT2D eigenvalue weighted by molar-refractivity contribution is 0.407. The Bertz CT molecular complexity index is 384. The molecule has 1 unspecified atom stereocenters. The van der Waals surface area contributed by atoms with Gasteiger partial charge in [0.25, 0.3) is 0 Å². The predicted molar refractivity (Wildman–Crippen MR) is 91.7 cm³/mol. The molecular formula is C20H34. The molecule has 0 fully saturated rings. The van der Waals surface area contributed by atoms with E-state index in [4.69, 9.17) is 0 Å². The summed E-state index contributed by atoms with van der Waals surface area (Å²) in [4.78, 5) is 0. The Hall–Kier alpha value is -0.780. The van der Waals surface area contributed by atoms with Crippen LogP contribution in [0.1, 0.15) is 96.3 Å². The second-order valence-corrected chi connectivity index (χ2v) is 7.72. The van der Waals surface area contributed by atoms with Crippen LogP contribution in [0, 0.1) is 11.8 Å². The first-order valence-corrected chi connectivity index (χ1v) is 8.37. The van der Waals surface area contributed by atoms with Gasteiger partial charge in [0.05, 0.1) is 0 Å². The van der Waals surface area contributed by atoms with E-state index in [2.05, 4.69) is 73.6 Å². The number of hydrogen-bond acceptors (Lipinski definition) is 0. The van der Waals surface area contributed by atoms with E-state index in [-0.39, 0.29) is 0 Å². The Balaban J connectivity index is 3.25. The third-order valence-corrected chi connectivity index (χ3v) is 4.29. The van der Waals surface area contributed by atoms with Crippen molar-refractivity contribution < 1.29 is 0 Å². The summed E-state index contributed by atoms with van der Waals surface area (Å²) in [5, 5.41) is 0. The maximum absolute atomic E-state index is 2.46. The zero-order chi connectivity index (χ0) is 15.4. The van der Waals surface area contributed by atoms with Crippen LogP contribution in [0.25, 0.3) is 0 Å². The van der Waals surface area contributed by atoms with Gasteiger partial charge in [-0.2, -0.15) is 0 Å². The molecule has 0 saturated heterocycles. The molecule has 0 bridgehead atoms. The van der Waals surface area contributed by atoms with Crippen molar-refractivity contribution in [3.8, 4) is 0 Å². The van der Waals surface area contributed by atoms with Gasteiger partial charge in [0.15, 0.2) is 0 Å². The summed E-state index contributed by atoms with van der Waals surface area (Å²) in [5.74, 6) is 3.37. The Morgan fingerprint density at radius 2 is 1.05 bits per heavy atom. The van der Waals surface area contributed by atoms with Gasteiger partial charge in [-0.3, -0.25) is 0 Å². The van der Waals surface area contributed by atoms with Crippen molar-refractivity contribution in [2.24, 2.45) is 11.8 Å². The molecule has 0 saturated carbocycles. The van der Waals surface area contributed by atoms with E-state index in [0.717, 1.165) is 5.92 Å². The van der Waals surface area contributed by atoms with Crippen molar-refractivity contribution in [2.75, 3.05) is 0 Å². The molecule has 0 heterocycles. The molecule has 0 aromatic heterocycles. The summed E-state index contributed by atoms with van der Waals surface area (Å²) in [6.07, 6.45) is 1.29. The van der Waals surface area contributed by atoms with Crippen molar-refractivity contribution in [1.82, 2.24) is 0 Å². The Kier molecular flexibility index (Phi) is 6.30. The SMILES string of the molecule is CC(C)CC(c1cc(C(C)C)cc(C(C)C)c1)C(C)C. The van der Waals surface area contributed by atoms with Crippen molar-refractivity contribution in [2.45, 2.75) is 79.6 Å². The third-order valence-electron chi connectivity index (χ3n) is 4.29. The fourth-order valence-corrected chi connectivity index (χ4v) is 2.88. The van der Waals surface area contributed by atoms with Crippen LogP contribution in [0.5, 0.6) is 0 Å². The maximum Gasteiger partial charge on any atom is -0.0136 e. The van der Waals surface area contributed by atoms with Crippen LogP contribution in [0.3, 0.4) is 0 Å². The van der Waals surface area contributed by atoms with Crippen molar-refractivity contribution in [3.05, 3.63) is 34.9 Å². The van der Waals surface area contributed by atoms with E-state index in [0.29, 0.717) is 23.7 Å². The van der Waals surface area contributed by atoms with Gasteiger partial charge in [-0.05, 0) is 52.7 Å². The van der Waals surface area contributed by atoms with Crippen molar-refractivity contribution in [3.63, 3.8) is 0 Å². The molecular weight excluding hydrogens is 240 g/mol. The summed E-state index contributed by atoms with van der Waals surface area (Å²) in [6, 6.07) is 7.33. The Morgan fingerprint density at radius 1 is 0.650 bits per heavy atom. The normalized spacial score (nSPS) is 13.8. The molecule has 0 spiro atoms. The van der Waals surface area contributed by atoms with E-state index in [1.807, 2.05) is 0 Å². The smallest absolute Gasteiger partial charge is 0.0136 e. The van der Waals surface area contributed by atoms with Crippen LogP contribution < -0.4 is 0 Å². The van der Waals surface area contributed by atoms with Crippen LogP contribution in [-0.2, 0) is 0 Å². The first kappa shape index (κ1) is 17.3. The minimum Gasteiger partial charge on any atom is -0.0628 e. The van der Waals surface area contributed by atoms with Crippen molar-refractivity contribution in [1.29, 1.82) is 0 Å². The molecule has 0 amide bonds. The van der Waals surface area contributed by atoms with E-state index in [1.165, 1.54) is 17.5 Å². The lowest BCUT2D eigenvalue weighted by atomic mass is 9.79. The average molecular weight is 274 g/mol. The first-order valence-electron chi connectivity index (χ1n) is 8.37. The van der Waals surface area contributed by atoms with Crippen molar-refractivity contribution >= 4 is 0 Å². The summed E-state index contributed by atoms with van der Waals surface area (Å²) in [7, 11) is 0. The van der Waals surface area contributed by atoms with Gasteiger partial charge in [-0.25, -0.2) is 0 Å². The fraction of sp³-hybridized carbons (Fsp3) is 0.700. The molecule has 1 atom stereocenters. The van der Waals surface area contributed by atoms with Crippen LogP contribution in [0.4, 0.5) is 0 Å². The summed E-state index contributed by atoms with van der Waals surface area (Å²) in [6.45, 7) is 18.6. The highest BCUT2D eigenvalue weighted by atomic mass is 14.2. The highest BCUT2D eigenvalue weighted by molar-refractivity contribution is 5.35. The zero-order valence-electron chi connectivity index (χ0n) is 14.8. The van der Waals surface area contributed by atoms with Gasteiger partial charge in [0.1, 0.15) is 0 Å². The number of hydrogen-bond donors (Lipinski definition) is 0. The van der Waals surface area contributed by atoms with E-state index in [9.17, 15) is 0 Å². The average Bonchev–Trinajstić information content (AvgIpc) is 2.34. The second kappa shape index (κ2) is 7.29. The minimum absolute atomic E-state index is 0.610. The first-order chi connectivity index (χ1) is 9.22. The van der Waals surface area contributed by atoms with Gasteiger partial charge in [-0.1, -0.05) is 73.6 Å². The topological polar surface area (TPSA) is 0 Å². The standard InChI is InChI=1S/C20H34/c1-13(2)9-20(16(7)8)19-11-17(14(3)4)10-18(12-19)15(5)6/h10-16,20H,9H2,1-8H3. The van der Waals surface area contributed by atoms with Gasteiger partial charge in [0, 0.05) is 0 Å². The lowest BCUT2D eigenvalue weighted by Crippen LogP contribution is -2.11. The molecule has 0 aliphatic carbocycles. The number of benzene rings is 1. The quantitative estimate of drug-likeness (QED) is 0.540. The third kappa shape index (κ3) is 4.65. The zero-order valence-corrected chi connectivity index (χ0v) is 14.8. The highest BCUT2D eigenvalue weighted by Gasteiger charge is 2.19. The maximum atomic E-state index is 2.46. The summed E-state index contributed by atoms with van der Waals surface area (Å²) in [5.41, 5.74) is 4.56. The van der Waals surface area contributed by atoms with Gasteiger partial charge >= 0.3 is 0 Å². The molecule has 0 nitrogen and oxygen atoms in total. The largest absolute Gasteiger partial charge is 0.0628 e. The van der Waals surface area contributed by atoms with E-state index >= 15 is 0 Å². The van der Waals surface area contributed by atoms with Gasteiger partial charge in [0.2, 0.25) is 0 Å². The molecule has 20 heavy (non-hydrogen) atoms. The molecule has 1 aromatic rings. The molecule has 0 N–H and O–H groups in total. The van der Waals surface area contributed by atoms with Gasteiger partial charge < -0.3 is 0 Å². The summed E-state index contributed by atoms with van der Waals surface area (Å²) >= 11 is 0. The fourth-order valence-electron chi connectivity index (χ4n) is 2.88. The van der Waals surface area contributed by atoms with Crippen LogP contribution in [0.2, 0.25) is 0 Å². The monoisotopic (exact) mass is 274 g/mol. The Labute approximate surface area is 127 Å². The lowest BCUT2D eigenvalue weighted by Gasteiger charge is -2.26. The second-order valence-electron chi connectivity index (χ2n) is 7.72. The molecule has 0 heteroatoms. The van der Waals surface area contributed by atoms with Crippen LogP contribution in [0.15, 0.2) is 18.2 Å². The molecule has 1 rings (SSSR count). The van der Waals surface area contributed by atoms with E-state index < -0.39 is 0 Å². The Morgan fingerprint density at radius 3 is 1.35 bits per heavy atom. The minimum atomic E-state index is 0.610. The molecule has 0 aliphatic rings. The molecule has 0 aliphatic heterocycles. The predicted octanol–water partition coefficient (Wildman–Crippen LogP) is 6.72. The van der Waals surface area contributed by atoms with Gasteiger partial charge in [-0.15, -0.1) is 0 Å². The highest BCUT2D eigenvalue weighted by Crippen LogP contribution is 2.34. The van der Waals surface area contributed by atoms with E-state index in [1.54, 1.807) is 5.56 Å². The molecule has 1 aromatic carbocycles. The molecule has 114 valence electrons. The molecule has 0 radical (unpaired) electrons. The number of rotatable bonds is 6. The van der Waals surface area contributed by atoms with Crippen LogP contribution in [-0.4, -0.2) is 0 Å². The summed E-state index contributed by atoms with van der Waals surface area (Å²) < 4.78 is 0.